The molecular weight excluding hydrogens is 689 g/mol. The van der Waals surface area contributed by atoms with Crippen LogP contribution >= 0.6 is 11.3 Å². The number of unbranched alkanes of at least 4 members (excludes halogenated alkanes) is 1. The molecule has 0 aliphatic carbocycles. The first-order valence-electron chi connectivity index (χ1n) is 13.2. The fourth-order valence-corrected chi connectivity index (χ4v) is 5.80. The molecule has 0 unspecified atom stereocenters. The smallest absolute Gasteiger partial charge is 0.304 e. The van der Waals surface area contributed by atoms with Crippen LogP contribution in [0.4, 0.5) is 17.1 Å². The summed E-state index contributed by atoms with van der Waals surface area (Å²) in [5.74, 6) is 0. The number of aryl methyl sites for hydroxylation is 1. The van der Waals surface area contributed by atoms with Crippen LogP contribution in [-0.4, -0.2) is 27.1 Å². The Morgan fingerprint density at radius 3 is 2.48 bits per heavy atom. The van der Waals surface area contributed by atoms with Crippen molar-refractivity contribution < 1.29 is 24.7 Å². The molecule has 0 spiro atoms. The molecule has 4 heterocycles. The van der Waals surface area contributed by atoms with E-state index in [1.54, 1.807) is 11.3 Å². The second kappa shape index (κ2) is 12.6. The molecule has 0 saturated heterocycles. The van der Waals surface area contributed by atoms with Crippen molar-refractivity contribution in [2.24, 2.45) is 0 Å². The van der Waals surface area contributed by atoms with Gasteiger partial charge in [-0.1, -0.05) is 52.8 Å². The number of benzene rings is 3. The predicted octanol–water partition coefficient (Wildman–Crippen LogP) is 8.57. The third-order valence-corrected chi connectivity index (χ3v) is 7.82. The molecule has 0 fully saturated rings. The van der Waals surface area contributed by atoms with Gasteiger partial charge in [0.1, 0.15) is 10.5 Å². The van der Waals surface area contributed by atoms with E-state index < -0.39 is 0 Å². The zero-order chi connectivity index (χ0) is 26.6. The van der Waals surface area contributed by atoms with Gasteiger partial charge < -0.3 is 4.98 Å². The Balaban J connectivity index is 0.000000195. The van der Waals surface area contributed by atoms with Crippen molar-refractivity contribution >= 4 is 54.7 Å². The van der Waals surface area contributed by atoms with E-state index in [0.29, 0.717) is 0 Å². The number of pyridine rings is 2. The largest absolute Gasteiger partial charge is 0.494 e. The van der Waals surface area contributed by atoms with E-state index in [1.807, 2.05) is 61.8 Å². The SMILES string of the molecule is CCCC[N+]1=C=[N+](c2[c-]ccc3c2sc2ncccc23)c2ccccc21.Cc1ccc(-c2[c-]cccc2)nc1.[Ir]. The molecule has 3 aromatic heterocycles. The molecule has 1 aliphatic rings. The normalized spacial score (nSPS) is 11.8. The van der Waals surface area contributed by atoms with Gasteiger partial charge >= 0.3 is 6.01 Å². The summed E-state index contributed by atoms with van der Waals surface area (Å²) in [5.41, 5.74) is 6.63. The average Bonchev–Trinajstić information content (AvgIpc) is 3.56. The van der Waals surface area contributed by atoms with E-state index >= 15 is 0 Å². The van der Waals surface area contributed by atoms with Crippen molar-refractivity contribution in [1.29, 1.82) is 0 Å². The van der Waals surface area contributed by atoms with E-state index in [1.165, 1.54) is 33.1 Å². The fraction of sp³-hybridized carbons (Fsp3) is 0.147. The molecule has 40 heavy (non-hydrogen) atoms. The molecule has 0 amide bonds. The Hall–Kier alpha value is -3.79. The molecule has 1 aliphatic heterocycles. The maximum atomic E-state index is 4.54. The molecule has 0 bridgehead atoms. The summed E-state index contributed by atoms with van der Waals surface area (Å²) < 4.78 is 5.60. The van der Waals surface area contributed by atoms with Gasteiger partial charge in [-0.05, 0) is 34.3 Å². The van der Waals surface area contributed by atoms with Gasteiger partial charge in [0.05, 0.1) is 0 Å². The average molecular weight is 717 g/mol. The van der Waals surface area contributed by atoms with Crippen LogP contribution in [0, 0.1) is 19.1 Å². The second-order valence-corrected chi connectivity index (χ2v) is 10.5. The van der Waals surface area contributed by atoms with E-state index in [9.17, 15) is 0 Å². The Morgan fingerprint density at radius 2 is 1.70 bits per heavy atom. The maximum Gasteiger partial charge on any atom is 0.494 e. The van der Waals surface area contributed by atoms with Crippen LogP contribution in [0.25, 0.3) is 31.6 Å². The summed E-state index contributed by atoms with van der Waals surface area (Å²) in [7, 11) is 0. The Kier molecular flexibility index (Phi) is 8.74. The van der Waals surface area contributed by atoms with Crippen LogP contribution in [0.2, 0.25) is 0 Å². The van der Waals surface area contributed by atoms with Crippen molar-refractivity contribution in [1.82, 2.24) is 14.5 Å². The molecule has 6 aromatic rings. The van der Waals surface area contributed by atoms with Gasteiger partial charge in [0.2, 0.25) is 0 Å². The van der Waals surface area contributed by atoms with Gasteiger partial charge in [0.15, 0.2) is 6.54 Å². The summed E-state index contributed by atoms with van der Waals surface area (Å²) >= 11 is 1.73. The predicted molar refractivity (Wildman–Crippen MR) is 162 cm³/mol. The van der Waals surface area contributed by atoms with E-state index in [-0.39, 0.29) is 20.1 Å². The minimum absolute atomic E-state index is 0. The number of nitrogens with zero attached hydrogens (tertiary/aromatic N) is 4. The molecule has 1 radical (unpaired) electrons. The molecule has 6 heteroatoms. The third-order valence-electron chi connectivity index (χ3n) is 6.68. The van der Waals surface area contributed by atoms with Crippen molar-refractivity contribution in [2.75, 3.05) is 6.54 Å². The number of rotatable bonds is 5. The first-order valence-corrected chi connectivity index (χ1v) is 14.0. The summed E-state index contributed by atoms with van der Waals surface area (Å²) in [5, 5.41) is 2.44. The van der Waals surface area contributed by atoms with Gasteiger partial charge in [-0.2, -0.15) is 23.5 Å². The number of hydrogen-bond acceptors (Lipinski definition) is 3. The Morgan fingerprint density at radius 1 is 0.850 bits per heavy atom. The molecule has 7 rings (SSSR count). The molecule has 0 N–H and O–H groups in total. The zero-order valence-electron chi connectivity index (χ0n) is 22.4. The number of thiophene rings is 1. The molecule has 199 valence electrons. The van der Waals surface area contributed by atoms with Crippen LogP contribution in [0.3, 0.4) is 0 Å². The van der Waals surface area contributed by atoms with Gasteiger partial charge in [-0.25, -0.2) is 4.98 Å². The van der Waals surface area contributed by atoms with Gasteiger partial charge in [-0.3, -0.25) is 0 Å². The van der Waals surface area contributed by atoms with E-state index in [2.05, 4.69) is 86.6 Å². The molecule has 0 saturated carbocycles. The maximum absolute atomic E-state index is 4.54. The van der Waals surface area contributed by atoms with Crippen molar-refractivity contribution in [3.63, 3.8) is 0 Å². The standard InChI is InChI=1S/C22H18N3S.C12H10N.Ir/c1-2-3-14-24-15-25(19-11-5-4-10-18(19)24)20-12-6-8-16-17-9-7-13-23-22(17)26-21(16)20;1-10-7-8-12(13-9-10)11-5-3-2-4-6-11;/h4-11,13H,2-3,14H2,1H3;2-5,7-9H,1H3;/q+1;-1;. The van der Waals surface area contributed by atoms with Gasteiger partial charge in [0, 0.05) is 51.1 Å². The molecule has 0 atom stereocenters. The van der Waals surface area contributed by atoms with Crippen LogP contribution in [-0.2, 0) is 20.1 Å². The van der Waals surface area contributed by atoms with Gasteiger partial charge in [-0.15, -0.1) is 47.3 Å². The minimum Gasteiger partial charge on any atom is -0.304 e. The van der Waals surface area contributed by atoms with Crippen LogP contribution in [0.5, 0.6) is 0 Å². The zero-order valence-corrected chi connectivity index (χ0v) is 25.6. The topological polar surface area (TPSA) is 31.8 Å². The number of aromatic nitrogens is 2. The molecule has 4 nitrogen and oxygen atoms in total. The summed E-state index contributed by atoms with van der Waals surface area (Å²) in [6.45, 7) is 5.23. The quantitative estimate of drug-likeness (QED) is 0.132. The van der Waals surface area contributed by atoms with E-state index in [0.717, 1.165) is 40.4 Å². The fourth-order valence-electron chi connectivity index (χ4n) is 4.67. The van der Waals surface area contributed by atoms with E-state index in [4.69, 9.17) is 0 Å². The van der Waals surface area contributed by atoms with Crippen molar-refractivity contribution in [3.8, 4) is 11.3 Å². The van der Waals surface area contributed by atoms with Crippen LogP contribution in [0.1, 0.15) is 25.3 Å². The van der Waals surface area contributed by atoms with Crippen LogP contribution in [0.15, 0.2) is 97.3 Å². The first-order chi connectivity index (χ1) is 19.2. The number of para-hydroxylation sites is 2. The third kappa shape index (κ3) is 5.58. The molecule has 3 aromatic carbocycles. The van der Waals surface area contributed by atoms with Crippen LogP contribution < -0.4 is 4.58 Å². The minimum atomic E-state index is 0. The summed E-state index contributed by atoms with van der Waals surface area (Å²) in [6, 6.07) is 38.9. The summed E-state index contributed by atoms with van der Waals surface area (Å²) in [6.07, 6.45) is 6.05. The van der Waals surface area contributed by atoms with Crippen molar-refractivity contribution in [2.45, 2.75) is 26.7 Å². The second-order valence-electron chi connectivity index (χ2n) is 9.45. The van der Waals surface area contributed by atoms with Crippen molar-refractivity contribution in [3.05, 3.63) is 115 Å². The monoisotopic (exact) mass is 717 g/mol. The summed E-state index contributed by atoms with van der Waals surface area (Å²) in [4.78, 5) is 9.93. The first kappa shape index (κ1) is 27.8. The Bertz CT molecular complexity index is 1840. The van der Waals surface area contributed by atoms with Gasteiger partial charge in [0.25, 0.3) is 11.4 Å². The Labute approximate surface area is 252 Å². The number of hydrogen-bond donors (Lipinski definition) is 0. The number of fused-ring (bicyclic) bond motifs is 4. The molecular formula is C34H28IrN4S.